The predicted molar refractivity (Wildman–Crippen MR) is 34.8 cm³/mol. The van der Waals surface area contributed by atoms with Gasteiger partial charge in [0.15, 0.2) is 0 Å². The Balaban J connectivity index is 2.59. The first-order valence-electron chi connectivity index (χ1n) is 2.73. The van der Waals surface area contributed by atoms with Crippen LogP contribution in [0.4, 0.5) is 0 Å². The molecule has 0 atom stereocenters. The molecule has 0 fully saturated rings. The highest BCUT2D eigenvalue weighted by molar-refractivity contribution is 5.04. The molecule has 1 rings (SSSR count). The molecular weight excluding hydrogens is 132 g/mol. The number of hydrogen-bond donors (Lipinski definition) is 2. The van der Waals surface area contributed by atoms with E-state index >= 15 is 0 Å². The minimum absolute atomic E-state index is 0.380. The summed E-state index contributed by atoms with van der Waals surface area (Å²) in [6.07, 6.45) is 2.08. The van der Waals surface area contributed by atoms with E-state index in [0.717, 1.165) is 0 Å². The fourth-order valence-electron chi connectivity index (χ4n) is 0.488. The number of hydrogen-bond acceptors (Lipinski definition) is 5. The zero-order valence-electron chi connectivity index (χ0n) is 5.27. The van der Waals surface area contributed by atoms with Crippen molar-refractivity contribution < 1.29 is 4.74 Å². The number of ether oxygens (including phenoxy) is 1. The van der Waals surface area contributed by atoms with Gasteiger partial charge in [-0.15, -0.1) is 0 Å². The molecule has 0 bridgehead atoms. The average molecular weight is 140 g/mol. The Hall–Kier alpha value is -1.20. The molecule has 1 heterocycles. The van der Waals surface area contributed by atoms with Crippen LogP contribution in [0.3, 0.4) is 0 Å². The van der Waals surface area contributed by atoms with E-state index in [-0.39, 0.29) is 0 Å². The topological polar surface area (TPSA) is 87.0 Å². The molecule has 0 saturated heterocycles. The lowest BCUT2D eigenvalue weighted by molar-refractivity contribution is 0.208. The monoisotopic (exact) mass is 140 g/mol. The standard InChI is InChI=1S/C5H8N4O/c6-5(7)10-4-1-2-8-3-9-4/h1-3,5H,6-7H2. The third kappa shape index (κ3) is 1.96. The fourth-order valence-corrected chi connectivity index (χ4v) is 0.488. The largest absolute Gasteiger partial charge is 0.446 e. The van der Waals surface area contributed by atoms with Crippen LogP contribution in [0, 0.1) is 0 Å². The summed E-state index contributed by atoms with van der Waals surface area (Å²) in [7, 11) is 0. The lowest BCUT2D eigenvalue weighted by Crippen LogP contribution is -2.36. The Morgan fingerprint density at radius 3 is 2.80 bits per heavy atom. The van der Waals surface area contributed by atoms with Crippen LogP contribution in [0.15, 0.2) is 18.6 Å². The van der Waals surface area contributed by atoms with Gasteiger partial charge in [-0.3, -0.25) is 11.5 Å². The average Bonchev–Trinajstić information content (AvgIpc) is 1.88. The van der Waals surface area contributed by atoms with Crippen LogP contribution >= 0.6 is 0 Å². The minimum atomic E-state index is -0.824. The molecule has 5 nitrogen and oxygen atoms in total. The molecule has 0 spiro atoms. The lowest BCUT2D eigenvalue weighted by Gasteiger charge is -2.06. The van der Waals surface area contributed by atoms with Crippen molar-refractivity contribution in [3.05, 3.63) is 18.6 Å². The van der Waals surface area contributed by atoms with E-state index in [1.807, 2.05) is 0 Å². The molecule has 0 unspecified atom stereocenters. The van der Waals surface area contributed by atoms with Crippen LogP contribution in [0.1, 0.15) is 0 Å². The van der Waals surface area contributed by atoms with E-state index in [1.54, 1.807) is 12.3 Å². The van der Waals surface area contributed by atoms with Gasteiger partial charge in [0.1, 0.15) is 6.33 Å². The summed E-state index contributed by atoms with van der Waals surface area (Å²) in [6, 6.07) is 1.58. The second kappa shape index (κ2) is 3.09. The summed E-state index contributed by atoms with van der Waals surface area (Å²) in [4.78, 5) is 7.41. The van der Waals surface area contributed by atoms with Crippen molar-refractivity contribution >= 4 is 0 Å². The van der Waals surface area contributed by atoms with Crippen molar-refractivity contribution in [1.29, 1.82) is 0 Å². The summed E-state index contributed by atoms with van der Waals surface area (Å²) in [6.45, 7) is 0. The highest BCUT2D eigenvalue weighted by Crippen LogP contribution is 2.00. The Bertz CT molecular complexity index is 188. The molecule has 54 valence electrons. The fraction of sp³-hybridized carbons (Fsp3) is 0.200. The van der Waals surface area contributed by atoms with Gasteiger partial charge < -0.3 is 4.74 Å². The molecule has 5 heteroatoms. The Morgan fingerprint density at radius 2 is 2.30 bits per heavy atom. The van der Waals surface area contributed by atoms with Crippen LogP contribution in [0.5, 0.6) is 5.88 Å². The summed E-state index contributed by atoms with van der Waals surface area (Å²) in [5.41, 5.74) is 10.2. The van der Waals surface area contributed by atoms with Crippen molar-refractivity contribution in [2.45, 2.75) is 6.35 Å². The quantitative estimate of drug-likeness (QED) is 0.517. The zero-order chi connectivity index (χ0) is 7.40. The van der Waals surface area contributed by atoms with Gasteiger partial charge in [0, 0.05) is 12.3 Å². The first-order chi connectivity index (χ1) is 4.79. The second-order valence-corrected chi connectivity index (χ2v) is 1.63. The Morgan fingerprint density at radius 1 is 1.50 bits per heavy atom. The third-order valence-corrected chi connectivity index (χ3v) is 0.812. The van der Waals surface area contributed by atoms with E-state index in [2.05, 4.69) is 9.97 Å². The number of rotatable bonds is 2. The summed E-state index contributed by atoms with van der Waals surface area (Å²) < 4.78 is 4.82. The summed E-state index contributed by atoms with van der Waals surface area (Å²) in [5, 5.41) is 0. The SMILES string of the molecule is NC(N)Oc1ccncn1. The maximum Gasteiger partial charge on any atom is 0.219 e. The van der Waals surface area contributed by atoms with E-state index in [0.29, 0.717) is 5.88 Å². The summed E-state index contributed by atoms with van der Waals surface area (Å²) in [5.74, 6) is 0.380. The van der Waals surface area contributed by atoms with E-state index in [4.69, 9.17) is 16.2 Å². The molecule has 0 amide bonds. The van der Waals surface area contributed by atoms with Gasteiger partial charge in [0.05, 0.1) is 0 Å². The zero-order valence-corrected chi connectivity index (χ0v) is 5.27. The van der Waals surface area contributed by atoms with Crippen LogP contribution < -0.4 is 16.2 Å². The number of nitrogens with two attached hydrogens (primary N) is 2. The van der Waals surface area contributed by atoms with E-state index < -0.39 is 6.35 Å². The molecule has 0 aliphatic heterocycles. The van der Waals surface area contributed by atoms with Crippen LogP contribution in [-0.4, -0.2) is 16.3 Å². The Kier molecular flexibility index (Phi) is 2.14. The van der Waals surface area contributed by atoms with Crippen molar-refractivity contribution in [3.63, 3.8) is 0 Å². The molecule has 0 saturated carbocycles. The number of nitrogens with zero attached hydrogens (tertiary/aromatic N) is 2. The molecule has 4 N–H and O–H groups in total. The highest BCUT2D eigenvalue weighted by Gasteiger charge is 1.95. The molecule has 0 aromatic carbocycles. The van der Waals surface area contributed by atoms with Crippen molar-refractivity contribution in [2.75, 3.05) is 0 Å². The third-order valence-electron chi connectivity index (χ3n) is 0.812. The van der Waals surface area contributed by atoms with Crippen molar-refractivity contribution in [2.24, 2.45) is 11.5 Å². The molecule has 10 heavy (non-hydrogen) atoms. The molecule has 1 aromatic heterocycles. The van der Waals surface area contributed by atoms with Gasteiger partial charge >= 0.3 is 0 Å². The first kappa shape index (κ1) is 6.91. The molecule has 0 radical (unpaired) electrons. The van der Waals surface area contributed by atoms with Gasteiger partial charge in [-0.05, 0) is 0 Å². The maximum absolute atomic E-state index is 5.12. The molecular formula is C5H8N4O. The van der Waals surface area contributed by atoms with Gasteiger partial charge in [-0.1, -0.05) is 0 Å². The number of aromatic nitrogens is 2. The lowest BCUT2D eigenvalue weighted by atomic mass is 10.6. The molecule has 0 aliphatic rings. The molecule has 1 aromatic rings. The van der Waals surface area contributed by atoms with Gasteiger partial charge in [0.2, 0.25) is 12.2 Å². The van der Waals surface area contributed by atoms with E-state index in [1.165, 1.54) is 6.33 Å². The smallest absolute Gasteiger partial charge is 0.219 e. The van der Waals surface area contributed by atoms with Crippen LogP contribution in [-0.2, 0) is 0 Å². The van der Waals surface area contributed by atoms with Crippen molar-refractivity contribution in [3.8, 4) is 5.88 Å². The molecule has 0 aliphatic carbocycles. The maximum atomic E-state index is 5.12. The van der Waals surface area contributed by atoms with Gasteiger partial charge in [-0.2, -0.15) is 0 Å². The van der Waals surface area contributed by atoms with Crippen LogP contribution in [0.25, 0.3) is 0 Å². The van der Waals surface area contributed by atoms with E-state index in [9.17, 15) is 0 Å². The normalized spacial score (nSPS) is 9.90. The van der Waals surface area contributed by atoms with Crippen molar-refractivity contribution in [1.82, 2.24) is 9.97 Å². The second-order valence-electron chi connectivity index (χ2n) is 1.63. The summed E-state index contributed by atoms with van der Waals surface area (Å²) >= 11 is 0. The van der Waals surface area contributed by atoms with Crippen LogP contribution in [0.2, 0.25) is 0 Å². The minimum Gasteiger partial charge on any atom is -0.446 e. The first-order valence-corrected chi connectivity index (χ1v) is 2.73. The predicted octanol–water partition coefficient (Wildman–Crippen LogP) is -0.944. The van der Waals surface area contributed by atoms with Gasteiger partial charge in [0.25, 0.3) is 0 Å². The highest BCUT2D eigenvalue weighted by atomic mass is 16.5. The van der Waals surface area contributed by atoms with Gasteiger partial charge in [-0.25, -0.2) is 9.97 Å². The Labute approximate surface area is 58.0 Å².